The number of hydrogen-bond donors (Lipinski definition) is 0. The molecule has 29 heavy (non-hydrogen) atoms. The van der Waals surface area contributed by atoms with E-state index in [-0.39, 0.29) is 11.9 Å². The normalized spacial score (nSPS) is 20.7. The van der Waals surface area contributed by atoms with Crippen molar-refractivity contribution in [1.29, 1.82) is 0 Å². The van der Waals surface area contributed by atoms with Crippen LogP contribution >= 0.6 is 0 Å². The van der Waals surface area contributed by atoms with Gasteiger partial charge in [-0.2, -0.15) is 4.31 Å². The van der Waals surface area contributed by atoms with Crippen molar-refractivity contribution in [3.63, 3.8) is 0 Å². The fourth-order valence-corrected chi connectivity index (χ4v) is 6.56. The van der Waals surface area contributed by atoms with Crippen molar-refractivity contribution < 1.29 is 13.2 Å². The van der Waals surface area contributed by atoms with Crippen molar-refractivity contribution in [1.82, 2.24) is 14.1 Å². The molecule has 1 atom stereocenters. The van der Waals surface area contributed by atoms with Crippen molar-refractivity contribution in [2.24, 2.45) is 0 Å². The second-order valence-electron chi connectivity index (χ2n) is 8.59. The van der Waals surface area contributed by atoms with Gasteiger partial charge in [0.2, 0.25) is 15.9 Å². The van der Waals surface area contributed by atoms with Crippen LogP contribution < -0.4 is 0 Å². The number of amides is 1. The van der Waals surface area contributed by atoms with Crippen LogP contribution in [0.15, 0.2) is 11.0 Å². The van der Waals surface area contributed by atoms with Gasteiger partial charge in [-0.05, 0) is 76.1 Å². The Hall–Kier alpha value is -1.44. The highest BCUT2D eigenvalue weighted by Gasteiger charge is 2.35. The van der Waals surface area contributed by atoms with Gasteiger partial charge < -0.3 is 4.90 Å². The number of likely N-dealkylation sites (tertiary alicyclic amines) is 1. The van der Waals surface area contributed by atoms with Gasteiger partial charge in [-0.1, -0.05) is 6.07 Å². The molecule has 0 unspecified atom stereocenters. The highest BCUT2D eigenvalue weighted by atomic mass is 32.2. The molecule has 0 N–H and O–H groups in total. The highest BCUT2D eigenvalue weighted by molar-refractivity contribution is 7.89. The maximum absolute atomic E-state index is 13.4. The summed E-state index contributed by atoms with van der Waals surface area (Å²) in [4.78, 5) is 17.4. The molecule has 162 valence electrons. The standard InChI is InChI=1S/C22H35N3O3S/c1-16-15-17(2)19(4)21(18(16)3)29(27,28)25-13-11-23(12-14-25)20(5)22(26)24-9-7-6-8-10-24/h15,20H,6-14H2,1-5H3/t20-/m1/s1. The summed E-state index contributed by atoms with van der Waals surface area (Å²) < 4.78 is 28.4. The molecule has 6 nitrogen and oxygen atoms in total. The molecule has 2 fully saturated rings. The van der Waals surface area contributed by atoms with Crippen LogP contribution in [0.5, 0.6) is 0 Å². The van der Waals surface area contributed by atoms with Gasteiger partial charge in [-0.3, -0.25) is 9.69 Å². The Labute approximate surface area is 175 Å². The van der Waals surface area contributed by atoms with E-state index in [0.29, 0.717) is 31.1 Å². The largest absolute Gasteiger partial charge is 0.341 e. The first-order valence-electron chi connectivity index (χ1n) is 10.7. The molecule has 0 saturated carbocycles. The number of nitrogens with zero attached hydrogens (tertiary/aromatic N) is 3. The monoisotopic (exact) mass is 421 g/mol. The molecule has 0 aliphatic carbocycles. The number of benzene rings is 1. The van der Waals surface area contributed by atoms with E-state index in [4.69, 9.17) is 0 Å². The van der Waals surface area contributed by atoms with E-state index < -0.39 is 10.0 Å². The van der Waals surface area contributed by atoms with Crippen LogP contribution in [-0.2, 0) is 14.8 Å². The van der Waals surface area contributed by atoms with Gasteiger partial charge in [0.15, 0.2) is 0 Å². The molecule has 1 aromatic carbocycles. The zero-order valence-electron chi connectivity index (χ0n) is 18.5. The SMILES string of the molecule is Cc1cc(C)c(C)c(S(=O)(=O)N2CCN([C@H](C)C(=O)N3CCCCC3)CC2)c1C. The summed E-state index contributed by atoms with van der Waals surface area (Å²) >= 11 is 0. The van der Waals surface area contributed by atoms with Gasteiger partial charge in [-0.15, -0.1) is 0 Å². The van der Waals surface area contributed by atoms with Crippen LogP contribution in [0.1, 0.15) is 48.4 Å². The Bertz CT molecular complexity index is 842. The third-order valence-electron chi connectivity index (χ3n) is 6.74. The lowest BCUT2D eigenvalue weighted by Crippen LogP contribution is -2.56. The van der Waals surface area contributed by atoms with E-state index in [1.807, 2.05) is 39.5 Å². The number of rotatable bonds is 4. The molecule has 7 heteroatoms. The molecule has 0 aromatic heterocycles. The minimum Gasteiger partial charge on any atom is -0.341 e. The Morgan fingerprint density at radius 2 is 1.38 bits per heavy atom. The van der Waals surface area contributed by atoms with Gasteiger partial charge in [0, 0.05) is 39.3 Å². The van der Waals surface area contributed by atoms with E-state index in [9.17, 15) is 13.2 Å². The van der Waals surface area contributed by atoms with Crippen molar-refractivity contribution in [3.8, 4) is 0 Å². The topological polar surface area (TPSA) is 60.9 Å². The van der Waals surface area contributed by atoms with Crippen molar-refractivity contribution in [2.45, 2.75) is 64.8 Å². The summed E-state index contributed by atoms with van der Waals surface area (Å²) in [6.07, 6.45) is 3.37. The quantitative estimate of drug-likeness (QED) is 0.750. The summed E-state index contributed by atoms with van der Waals surface area (Å²) in [5.41, 5.74) is 3.69. The number of piperidine rings is 1. The average molecular weight is 422 g/mol. The molecule has 1 amide bonds. The maximum atomic E-state index is 13.4. The molecule has 2 saturated heterocycles. The molecule has 0 radical (unpaired) electrons. The minimum absolute atomic E-state index is 0.182. The van der Waals surface area contributed by atoms with Gasteiger partial charge in [-0.25, -0.2) is 8.42 Å². The third kappa shape index (κ3) is 4.37. The molecule has 2 heterocycles. The van der Waals surface area contributed by atoms with Crippen LogP contribution in [0, 0.1) is 27.7 Å². The predicted molar refractivity (Wildman–Crippen MR) is 116 cm³/mol. The van der Waals surface area contributed by atoms with E-state index in [0.717, 1.165) is 48.2 Å². The lowest BCUT2D eigenvalue weighted by Gasteiger charge is -2.39. The Kier molecular flexibility index (Phi) is 6.70. The summed E-state index contributed by atoms with van der Waals surface area (Å²) in [6, 6.07) is 1.86. The molecule has 2 aliphatic rings. The van der Waals surface area contributed by atoms with Crippen LogP contribution in [-0.4, -0.2) is 73.7 Å². The number of hydrogen-bond acceptors (Lipinski definition) is 4. The highest BCUT2D eigenvalue weighted by Crippen LogP contribution is 2.29. The van der Waals surface area contributed by atoms with Crippen LogP contribution in [0.4, 0.5) is 0 Å². The lowest BCUT2D eigenvalue weighted by molar-refractivity contribution is -0.137. The van der Waals surface area contributed by atoms with Crippen molar-refractivity contribution in [3.05, 3.63) is 28.3 Å². The van der Waals surface area contributed by atoms with Crippen LogP contribution in [0.25, 0.3) is 0 Å². The van der Waals surface area contributed by atoms with Crippen molar-refractivity contribution >= 4 is 15.9 Å². The Morgan fingerprint density at radius 3 is 1.90 bits per heavy atom. The molecule has 2 aliphatic heterocycles. The summed E-state index contributed by atoms with van der Waals surface area (Å²) in [5, 5.41) is 0. The number of carbonyl (C=O) groups excluding carboxylic acids is 1. The second kappa shape index (κ2) is 8.74. The van der Waals surface area contributed by atoms with Crippen molar-refractivity contribution in [2.75, 3.05) is 39.3 Å². The lowest BCUT2D eigenvalue weighted by atomic mass is 10.0. The first-order valence-corrected chi connectivity index (χ1v) is 12.2. The summed E-state index contributed by atoms with van der Waals surface area (Å²) in [5.74, 6) is 0.182. The second-order valence-corrected chi connectivity index (χ2v) is 10.5. The number of piperazine rings is 1. The molecule has 0 spiro atoms. The number of sulfonamides is 1. The predicted octanol–water partition coefficient (Wildman–Crippen LogP) is 2.63. The molecule has 0 bridgehead atoms. The van der Waals surface area contributed by atoms with E-state index >= 15 is 0 Å². The molecule has 3 rings (SSSR count). The molecule has 1 aromatic rings. The molecular formula is C22H35N3O3S. The van der Waals surface area contributed by atoms with Gasteiger partial charge >= 0.3 is 0 Å². The Balaban J connectivity index is 1.71. The fraction of sp³-hybridized carbons (Fsp3) is 0.682. The number of aryl methyl sites for hydroxylation is 2. The van der Waals surface area contributed by atoms with Gasteiger partial charge in [0.25, 0.3) is 0 Å². The van der Waals surface area contributed by atoms with E-state index in [1.165, 1.54) is 6.42 Å². The van der Waals surface area contributed by atoms with Gasteiger partial charge in [0.05, 0.1) is 10.9 Å². The smallest absolute Gasteiger partial charge is 0.243 e. The van der Waals surface area contributed by atoms with Gasteiger partial charge in [0.1, 0.15) is 0 Å². The Morgan fingerprint density at radius 1 is 0.862 bits per heavy atom. The number of carbonyl (C=O) groups is 1. The zero-order chi connectivity index (χ0) is 21.3. The summed E-state index contributed by atoms with van der Waals surface area (Å²) in [7, 11) is -3.55. The van der Waals surface area contributed by atoms with E-state index in [2.05, 4.69) is 11.0 Å². The zero-order valence-corrected chi connectivity index (χ0v) is 19.3. The average Bonchev–Trinajstić information content (AvgIpc) is 2.72. The van der Waals surface area contributed by atoms with Crippen LogP contribution in [0.3, 0.4) is 0 Å². The summed E-state index contributed by atoms with van der Waals surface area (Å²) in [6.45, 7) is 13.4. The van der Waals surface area contributed by atoms with E-state index in [1.54, 1.807) is 4.31 Å². The third-order valence-corrected chi connectivity index (χ3v) is 8.91. The minimum atomic E-state index is -3.55. The first kappa shape index (κ1) is 22.2. The maximum Gasteiger partial charge on any atom is 0.243 e. The van der Waals surface area contributed by atoms with Crippen LogP contribution in [0.2, 0.25) is 0 Å². The first-order chi connectivity index (χ1) is 13.6. The fourth-order valence-electron chi connectivity index (χ4n) is 4.56. The molecular weight excluding hydrogens is 386 g/mol.